The average molecular weight is 431 g/mol. The van der Waals surface area contributed by atoms with E-state index in [9.17, 15) is 24.0 Å². The molecule has 0 saturated carbocycles. The van der Waals surface area contributed by atoms with Crippen molar-refractivity contribution in [3.8, 4) is 11.5 Å². The van der Waals surface area contributed by atoms with Crippen molar-refractivity contribution in [1.82, 2.24) is 0 Å². The summed E-state index contributed by atoms with van der Waals surface area (Å²) in [6.07, 6.45) is 1.71. The molecule has 0 bridgehead atoms. The van der Waals surface area contributed by atoms with E-state index in [0.717, 1.165) is 0 Å². The van der Waals surface area contributed by atoms with Crippen LogP contribution in [-0.2, 0) is 33.4 Å². The summed E-state index contributed by atoms with van der Waals surface area (Å²) in [6, 6.07) is 4.15. The van der Waals surface area contributed by atoms with Crippen LogP contribution in [0.15, 0.2) is 41.4 Å². The molecule has 0 aliphatic heterocycles. The van der Waals surface area contributed by atoms with Gasteiger partial charge in [-0.05, 0) is 24.6 Å². The fraction of sp³-hybridized carbons (Fsp3) is 0.286. The van der Waals surface area contributed by atoms with Crippen LogP contribution in [0.2, 0.25) is 0 Å². The summed E-state index contributed by atoms with van der Waals surface area (Å²) < 4.78 is 20.1. The summed E-state index contributed by atoms with van der Waals surface area (Å²) in [4.78, 5) is 57.8. The molecule has 0 unspecified atom stereocenters. The topological polar surface area (TPSA) is 134 Å². The number of nitrogens with one attached hydrogen (secondary N) is 1. The SMILES string of the molecule is CC(=O)OC1=C(OC(C)=O)CCC(C(=O)Nc2ccc(OC(C)=O)c(OC(C)=O)c2)=C1. The van der Waals surface area contributed by atoms with Gasteiger partial charge < -0.3 is 24.3 Å². The van der Waals surface area contributed by atoms with Gasteiger partial charge in [0.1, 0.15) is 0 Å². The van der Waals surface area contributed by atoms with E-state index in [4.69, 9.17) is 18.9 Å². The van der Waals surface area contributed by atoms with Crippen LogP contribution >= 0.6 is 0 Å². The molecule has 0 fully saturated rings. The van der Waals surface area contributed by atoms with Gasteiger partial charge in [-0.1, -0.05) is 0 Å². The Morgan fingerprint density at radius 2 is 1.32 bits per heavy atom. The highest BCUT2D eigenvalue weighted by Crippen LogP contribution is 2.32. The second-order valence-electron chi connectivity index (χ2n) is 6.45. The predicted octanol–water partition coefficient (Wildman–Crippen LogP) is 2.53. The molecule has 0 atom stereocenters. The number of hydrogen-bond donors (Lipinski definition) is 1. The van der Waals surface area contributed by atoms with Gasteiger partial charge in [-0.3, -0.25) is 24.0 Å². The van der Waals surface area contributed by atoms with E-state index < -0.39 is 29.8 Å². The van der Waals surface area contributed by atoms with Gasteiger partial charge in [0.2, 0.25) is 0 Å². The molecule has 2 rings (SSSR count). The minimum absolute atomic E-state index is 0.0173. The first-order chi connectivity index (χ1) is 14.5. The normalized spacial score (nSPS) is 13.0. The molecule has 1 aliphatic carbocycles. The van der Waals surface area contributed by atoms with E-state index in [1.807, 2.05) is 0 Å². The number of esters is 4. The van der Waals surface area contributed by atoms with Gasteiger partial charge in [0.05, 0.1) is 0 Å². The summed E-state index contributed by atoms with van der Waals surface area (Å²) >= 11 is 0. The molecule has 31 heavy (non-hydrogen) atoms. The molecule has 0 aromatic heterocycles. The lowest BCUT2D eigenvalue weighted by molar-refractivity contribution is -0.141. The Bertz CT molecular complexity index is 1000. The van der Waals surface area contributed by atoms with Crippen molar-refractivity contribution in [2.75, 3.05) is 5.32 Å². The molecule has 1 aromatic carbocycles. The molecule has 10 heteroatoms. The van der Waals surface area contributed by atoms with Crippen molar-refractivity contribution < 1.29 is 42.9 Å². The molecule has 164 valence electrons. The number of hydrogen-bond acceptors (Lipinski definition) is 9. The van der Waals surface area contributed by atoms with Crippen molar-refractivity contribution in [2.24, 2.45) is 0 Å². The van der Waals surface area contributed by atoms with Crippen molar-refractivity contribution in [3.05, 3.63) is 41.4 Å². The number of carbonyl (C=O) groups excluding carboxylic acids is 5. The first-order valence-electron chi connectivity index (χ1n) is 9.18. The van der Waals surface area contributed by atoms with Crippen molar-refractivity contribution in [3.63, 3.8) is 0 Å². The lowest BCUT2D eigenvalue weighted by atomic mass is 10.0. The highest BCUT2D eigenvalue weighted by molar-refractivity contribution is 6.04. The van der Waals surface area contributed by atoms with Gasteiger partial charge in [0.25, 0.3) is 5.91 Å². The number of anilines is 1. The summed E-state index contributed by atoms with van der Waals surface area (Å²) in [6.45, 7) is 4.77. The lowest BCUT2D eigenvalue weighted by Gasteiger charge is -2.18. The lowest BCUT2D eigenvalue weighted by Crippen LogP contribution is -2.19. The van der Waals surface area contributed by atoms with Crippen LogP contribution in [0.4, 0.5) is 5.69 Å². The molecule has 0 saturated heterocycles. The largest absolute Gasteiger partial charge is 0.427 e. The zero-order valence-electron chi connectivity index (χ0n) is 17.4. The molecule has 0 radical (unpaired) electrons. The zero-order chi connectivity index (χ0) is 23.1. The summed E-state index contributed by atoms with van der Waals surface area (Å²) in [7, 11) is 0. The number of carbonyl (C=O) groups is 5. The third kappa shape index (κ3) is 7.11. The second kappa shape index (κ2) is 10.2. The Morgan fingerprint density at radius 3 is 1.90 bits per heavy atom. The maximum absolute atomic E-state index is 12.7. The molecule has 0 heterocycles. The van der Waals surface area contributed by atoms with Crippen molar-refractivity contribution in [2.45, 2.75) is 40.5 Å². The van der Waals surface area contributed by atoms with Crippen LogP contribution in [-0.4, -0.2) is 29.8 Å². The van der Waals surface area contributed by atoms with Gasteiger partial charge in [0, 0.05) is 51.4 Å². The van der Waals surface area contributed by atoms with Crippen LogP contribution in [0.3, 0.4) is 0 Å². The quantitative estimate of drug-likeness (QED) is 0.532. The van der Waals surface area contributed by atoms with Crippen molar-refractivity contribution >= 4 is 35.5 Å². The van der Waals surface area contributed by atoms with Gasteiger partial charge in [-0.15, -0.1) is 0 Å². The minimum atomic E-state index is -0.638. The van der Waals surface area contributed by atoms with Gasteiger partial charge in [0.15, 0.2) is 23.0 Å². The molecule has 1 aliphatic rings. The number of amides is 1. The third-order valence-electron chi connectivity index (χ3n) is 3.72. The molecule has 1 N–H and O–H groups in total. The first kappa shape index (κ1) is 23.3. The maximum atomic E-state index is 12.7. The number of rotatable bonds is 6. The zero-order valence-corrected chi connectivity index (χ0v) is 17.4. The van der Waals surface area contributed by atoms with E-state index >= 15 is 0 Å². The van der Waals surface area contributed by atoms with E-state index in [1.165, 1.54) is 52.0 Å². The number of benzene rings is 1. The molecule has 0 spiro atoms. The fourth-order valence-electron chi connectivity index (χ4n) is 2.65. The Morgan fingerprint density at radius 1 is 0.742 bits per heavy atom. The maximum Gasteiger partial charge on any atom is 0.308 e. The van der Waals surface area contributed by atoms with E-state index in [2.05, 4.69) is 5.32 Å². The van der Waals surface area contributed by atoms with Crippen LogP contribution in [0.25, 0.3) is 0 Å². The standard InChI is InChI=1S/C21H21NO9/c1-11(23)28-17-7-5-15(9-19(17)30-13(3)25)21(27)22-16-6-8-18(29-12(2)24)20(10-16)31-14(4)26/h6,8-10H,5,7H2,1-4H3,(H,22,27). The Kier molecular flexibility index (Phi) is 7.67. The molecule has 1 amide bonds. The smallest absolute Gasteiger partial charge is 0.308 e. The number of ether oxygens (including phenoxy) is 4. The van der Waals surface area contributed by atoms with Gasteiger partial charge >= 0.3 is 23.9 Å². The van der Waals surface area contributed by atoms with Crippen LogP contribution < -0.4 is 14.8 Å². The highest BCUT2D eigenvalue weighted by Gasteiger charge is 2.23. The predicted molar refractivity (Wildman–Crippen MR) is 106 cm³/mol. The van der Waals surface area contributed by atoms with Crippen LogP contribution in [0, 0.1) is 0 Å². The van der Waals surface area contributed by atoms with Crippen LogP contribution in [0.1, 0.15) is 40.5 Å². The van der Waals surface area contributed by atoms with E-state index in [1.54, 1.807) is 0 Å². The summed E-state index contributed by atoms with van der Waals surface area (Å²) in [5, 5.41) is 2.63. The molecule has 1 aromatic rings. The minimum Gasteiger partial charge on any atom is -0.427 e. The van der Waals surface area contributed by atoms with Gasteiger partial charge in [-0.2, -0.15) is 0 Å². The van der Waals surface area contributed by atoms with Crippen molar-refractivity contribution in [1.29, 1.82) is 0 Å². The second-order valence-corrected chi connectivity index (χ2v) is 6.45. The molecule has 10 nitrogen and oxygen atoms in total. The first-order valence-corrected chi connectivity index (χ1v) is 9.18. The van der Waals surface area contributed by atoms with E-state index in [-0.39, 0.29) is 47.1 Å². The molecular formula is C21H21NO9. The van der Waals surface area contributed by atoms with Gasteiger partial charge in [-0.25, -0.2) is 0 Å². The van der Waals surface area contributed by atoms with E-state index in [0.29, 0.717) is 0 Å². The highest BCUT2D eigenvalue weighted by atomic mass is 16.6. The molecular weight excluding hydrogens is 410 g/mol. The monoisotopic (exact) mass is 431 g/mol. The Balaban J connectivity index is 2.27. The van der Waals surface area contributed by atoms with Crippen LogP contribution in [0.5, 0.6) is 11.5 Å². The summed E-state index contributed by atoms with van der Waals surface area (Å²) in [5.41, 5.74) is 0.534. The summed E-state index contributed by atoms with van der Waals surface area (Å²) in [5.74, 6) is -2.87. The number of allylic oxidation sites excluding steroid dienone is 2. The third-order valence-corrected chi connectivity index (χ3v) is 3.72. The average Bonchev–Trinajstić information content (AvgIpc) is 2.63. The Hall–Kier alpha value is -3.95. The Labute approximate surface area is 177 Å². The fourth-order valence-corrected chi connectivity index (χ4v) is 2.65.